The molecule has 0 bridgehead atoms. The van der Waals surface area contributed by atoms with Gasteiger partial charge in [0, 0.05) is 5.75 Å². The molecule has 0 aliphatic rings. The van der Waals surface area contributed by atoms with Gasteiger partial charge < -0.3 is 15.5 Å². The zero-order valence-corrected chi connectivity index (χ0v) is 9.63. The van der Waals surface area contributed by atoms with Crippen molar-refractivity contribution in [3.8, 4) is 0 Å². The van der Waals surface area contributed by atoms with Crippen molar-refractivity contribution >= 4 is 17.7 Å². The average Bonchev–Trinajstić information content (AvgIpc) is 2.67. The van der Waals surface area contributed by atoms with Gasteiger partial charge in [0.05, 0.1) is 6.20 Å². The molecule has 5 nitrogen and oxygen atoms in total. The van der Waals surface area contributed by atoms with Gasteiger partial charge in [-0.1, -0.05) is 18.7 Å². The van der Waals surface area contributed by atoms with Crippen LogP contribution in [-0.4, -0.2) is 28.7 Å². The van der Waals surface area contributed by atoms with E-state index >= 15 is 0 Å². The Bertz CT molecular complexity index is 315. The van der Waals surface area contributed by atoms with E-state index in [9.17, 15) is 4.79 Å². The molecule has 6 heteroatoms. The average molecular weight is 229 g/mol. The predicted octanol–water partition coefficient (Wildman–Crippen LogP) is 0.620. The van der Waals surface area contributed by atoms with E-state index in [0.29, 0.717) is 17.5 Å². The number of hydrogen-bond acceptors (Lipinski definition) is 5. The number of hydrogen-bond donors (Lipinski definition) is 2. The Labute approximate surface area is 92.8 Å². The van der Waals surface area contributed by atoms with Crippen LogP contribution in [0.3, 0.4) is 0 Å². The van der Waals surface area contributed by atoms with Crippen LogP contribution >= 0.6 is 11.8 Å². The Morgan fingerprint density at radius 1 is 1.80 bits per heavy atom. The molecular formula is C9H15N3O2S. The van der Waals surface area contributed by atoms with E-state index in [1.807, 2.05) is 6.92 Å². The van der Waals surface area contributed by atoms with Crippen LogP contribution in [0.5, 0.6) is 0 Å². The summed E-state index contributed by atoms with van der Waals surface area (Å²) in [5, 5.41) is 3.60. The van der Waals surface area contributed by atoms with Gasteiger partial charge in [0.15, 0.2) is 0 Å². The molecule has 0 saturated heterocycles. The second-order valence-electron chi connectivity index (χ2n) is 3.31. The van der Waals surface area contributed by atoms with Crippen molar-refractivity contribution in [2.75, 3.05) is 12.3 Å². The van der Waals surface area contributed by atoms with Crippen molar-refractivity contribution in [2.24, 2.45) is 5.73 Å². The molecule has 1 rings (SSSR count). The highest BCUT2D eigenvalue weighted by atomic mass is 32.2. The number of carbonyl (C=O) groups excluding carboxylic acids is 1. The van der Waals surface area contributed by atoms with Gasteiger partial charge in [0.1, 0.15) is 11.8 Å². The van der Waals surface area contributed by atoms with Crippen molar-refractivity contribution in [2.45, 2.75) is 24.6 Å². The summed E-state index contributed by atoms with van der Waals surface area (Å²) in [4.78, 5) is 15.2. The molecule has 1 aromatic rings. The molecule has 0 radical (unpaired) electrons. The van der Waals surface area contributed by atoms with Crippen LogP contribution < -0.4 is 11.1 Å². The van der Waals surface area contributed by atoms with E-state index in [4.69, 9.17) is 10.2 Å². The van der Waals surface area contributed by atoms with Gasteiger partial charge >= 0.3 is 0 Å². The van der Waals surface area contributed by atoms with Crippen LogP contribution in [0.4, 0.5) is 0 Å². The van der Waals surface area contributed by atoms with E-state index in [1.54, 1.807) is 13.1 Å². The van der Waals surface area contributed by atoms with Crippen molar-refractivity contribution in [3.05, 3.63) is 12.5 Å². The summed E-state index contributed by atoms with van der Waals surface area (Å²) < 4.78 is 5.06. The maximum absolute atomic E-state index is 11.3. The molecule has 1 aromatic heterocycles. The number of aromatic nitrogens is 1. The molecule has 1 atom stereocenters. The van der Waals surface area contributed by atoms with Crippen molar-refractivity contribution < 1.29 is 9.21 Å². The number of amides is 1. The first kappa shape index (κ1) is 12.1. The molecule has 3 N–H and O–H groups in total. The van der Waals surface area contributed by atoms with Crippen LogP contribution in [0.25, 0.3) is 0 Å². The molecule has 1 heterocycles. The normalized spacial score (nSPS) is 14.8. The van der Waals surface area contributed by atoms with Crippen LogP contribution in [0, 0.1) is 0 Å². The van der Waals surface area contributed by atoms with E-state index in [0.717, 1.165) is 0 Å². The zero-order valence-electron chi connectivity index (χ0n) is 8.82. The monoisotopic (exact) mass is 229 g/mol. The number of nitrogens with zero attached hydrogens (tertiary/aromatic N) is 1. The van der Waals surface area contributed by atoms with Gasteiger partial charge in [0.2, 0.25) is 5.91 Å². The molecule has 0 aliphatic heterocycles. The van der Waals surface area contributed by atoms with Crippen LogP contribution in [0.2, 0.25) is 0 Å². The standard InChI is InChI=1S/C9H15N3O2S/c1-3-12-9(2,7(10)13)6-15-8-11-4-5-14-8/h4-5,12H,3,6H2,1-2H3,(H2,10,13). The summed E-state index contributed by atoms with van der Waals surface area (Å²) in [7, 11) is 0. The lowest BCUT2D eigenvalue weighted by atomic mass is 10.1. The molecule has 1 unspecified atom stereocenters. The molecule has 0 fully saturated rings. The number of thioether (sulfide) groups is 1. The number of carbonyl (C=O) groups is 1. The van der Waals surface area contributed by atoms with E-state index in [1.165, 1.54) is 18.0 Å². The Balaban J connectivity index is 2.56. The van der Waals surface area contributed by atoms with Gasteiger partial charge in [-0.2, -0.15) is 0 Å². The van der Waals surface area contributed by atoms with Gasteiger partial charge in [0.25, 0.3) is 5.22 Å². The van der Waals surface area contributed by atoms with E-state index < -0.39 is 5.54 Å². The minimum absolute atomic E-state index is 0.372. The lowest BCUT2D eigenvalue weighted by molar-refractivity contribution is -0.122. The Hall–Kier alpha value is -1.01. The molecule has 0 saturated carbocycles. The first-order chi connectivity index (χ1) is 7.08. The van der Waals surface area contributed by atoms with Gasteiger partial charge in [-0.25, -0.2) is 4.98 Å². The zero-order chi connectivity index (χ0) is 11.3. The van der Waals surface area contributed by atoms with E-state index in [2.05, 4.69) is 10.3 Å². The highest BCUT2D eigenvalue weighted by molar-refractivity contribution is 7.99. The minimum atomic E-state index is -0.728. The minimum Gasteiger partial charge on any atom is -0.440 e. The van der Waals surface area contributed by atoms with Gasteiger partial charge in [-0.3, -0.25) is 4.79 Å². The summed E-state index contributed by atoms with van der Waals surface area (Å²) in [6, 6.07) is 0. The Morgan fingerprint density at radius 2 is 2.53 bits per heavy atom. The van der Waals surface area contributed by atoms with Crippen LogP contribution in [0.15, 0.2) is 22.1 Å². The Morgan fingerprint density at radius 3 is 3.00 bits per heavy atom. The maximum atomic E-state index is 11.3. The first-order valence-electron chi connectivity index (χ1n) is 4.65. The number of nitrogens with two attached hydrogens (primary N) is 1. The number of rotatable bonds is 6. The van der Waals surface area contributed by atoms with Crippen LogP contribution in [-0.2, 0) is 4.79 Å². The summed E-state index contributed by atoms with van der Waals surface area (Å²) >= 11 is 1.36. The third-order valence-electron chi connectivity index (χ3n) is 2.00. The third kappa shape index (κ3) is 3.24. The molecular weight excluding hydrogens is 214 g/mol. The van der Waals surface area contributed by atoms with Crippen molar-refractivity contribution in [1.29, 1.82) is 0 Å². The van der Waals surface area contributed by atoms with Gasteiger partial charge in [-0.05, 0) is 13.5 Å². The SMILES string of the molecule is CCNC(C)(CSc1ncco1)C(N)=O. The van der Waals surface area contributed by atoms with Gasteiger partial charge in [-0.15, -0.1) is 0 Å². The maximum Gasteiger partial charge on any atom is 0.255 e. The predicted molar refractivity (Wildman–Crippen MR) is 58.5 cm³/mol. The smallest absolute Gasteiger partial charge is 0.255 e. The fourth-order valence-electron chi connectivity index (χ4n) is 1.09. The summed E-state index contributed by atoms with van der Waals surface area (Å²) in [6.45, 7) is 4.39. The fourth-order valence-corrected chi connectivity index (χ4v) is 2.00. The molecule has 15 heavy (non-hydrogen) atoms. The number of primary amides is 1. The summed E-state index contributed by atoms with van der Waals surface area (Å²) in [5.74, 6) is 0.125. The molecule has 0 aliphatic carbocycles. The number of nitrogens with one attached hydrogen (secondary N) is 1. The molecule has 0 spiro atoms. The number of likely N-dealkylation sites (N-methyl/N-ethyl adjacent to an activating group) is 1. The summed E-state index contributed by atoms with van der Waals surface area (Å²) in [5.41, 5.74) is 4.60. The fraction of sp³-hybridized carbons (Fsp3) is 0.556. The topological polar surface area (TPSA) is 81.2 Å². The third-order valence-corrected chi connectivity index (χ3v) is 3.18. The lowest BCUT2D eigenvalue weighted by Crippen LogP contribution is -2.55. The van der Waals surface area contributed by atoms with E-state index in [-0.39, 0.29) is 5.91 Å². The molecule has 1 amide bonds. The quantitative estimate of drug-likeness (QED) is 0.699. The largest absolute Gasteiger partial charge is 0.440 e. The summed E-state index contributed by atoms with van der Waals surface area (Å²) in [6.07, 6.45) is 3.06. The molecule has 84 valence electrons. The lowest BCUT2D eigenvalue weighted by Gasteiger charge is -2.25. The highest BCUT2D eigenvalue weighted by Crippen LogP contribution is 2.20. The Kier molecular flexibility index (Phi) is 4.16. The highest BCUT2D eigenvalue weighted by Gasteiger charge is 2.30. The molecule has 0 aromatic carbocycles. The van der Waals surface area contributed by atoms with Crippen molar-refractivity contribution in [1.82, 2.24) is 10.3 Å². The number of oxazole rings is 1. The second-order valence-corrected chi connectivity index (χ2v) is 4.24. The second kappa shape index (κ2) is 5.18. The first-order valence-corrected chi connectivity index (χ1v) is 5.64. The van der Waals surface area contributed by atoms with Crippen molar-refractivity contribution in [3.63, 3.8) is 0 Å². The van der Waals surface area contributed by atoms with Crippen LogP contribution in [0.1, 0.15) is 13.8 Å².